The fourth-order valence-electron chi connectivity index (χ4n) is 3.90. The molecule has 1 aromatic carbocycles. The average molecular weight is 263 g/mol. The number of aliphatic hydroxyl groups is 1. The van der Waals surface area contributed by atoms with Gasteiger partial charge in [-0.15, -0.1) is 0 Å². The summed E-state index contributed by atoms with van der Waals surface area (Å²) in [6.07, 6.45) is 4.74. The molecule has 3 rings (SSSR count). The van der Waals surface area contributed by atoms with Crippen molar-refractivity contribution >= 4 is 0 Å². The molecule has 0 radical (unpaired) electrons. The highest BCUT2D eigenvalue weighted by molar-refractivity contribution is 5.28. The lowest BCUT2D eigenvalue weighted by Crippen LogP contribution is -2.50. The number of hydrogen-bond donors (Lipinski definition) is 1. The molecule has 2 saturated heterocycles. The minimum absolute atomic E-state index is 0.198. The monoisotopic (exact) mass is 263 g/mol. The SMILES string of the molecule is Cc1cc(F)ccc1CC1(O)CC2CCC(C1)N2C. The van der Waals surface area contributed by atoms with Crippen LogP contribution in [0.1, 0.15) is 36.8 Å². The van der Waals surface area contributed by atoms with Crippen LogP contribution in [0.15, 0.2) is 18.2 Å². The van der Waals surface area contributed by atoms with Crippen LogP contribution in [0, 0.1) is 12.7 Å². The Bertz CT molecular complexity index is 474. The average Bonchev–Trinajstić information content (AvgIpc) is 2.58. The summed E-state index contributed by atoms with van der Waals surface area (Å²) in [7, 11) is 2.17. The van der Waals surface area contributed by atoms with Crippen LogP contribution in [0.25, 0.3) is 0 Å². The first-order valence-electron chi connectivity index (χ1n) is 7.16. The van der Waals surface area contributed by atoms with Gasteiger partial charge in [0.1, 0.15) is 5.82 Å². The smallest absolute Gasteiger partial charge is 0.123 e. The molecular formula is C16H22FNO. The van der Waals surface area contributed by atoms with E-state index < -0.39 is 5.60 Å². The topological polar surface area (TPSA) is 23.5 Å². The molecule has 3 heteroatoms. The Kier molecular flexibility index (Phi) is 3.14. The Labute approximate surface area is 114 Å². The molecule has 1 aromatic rings. The maximum atomic E-state index is 13.1. The minimum atomic E-state index is -0.610. The quantitative estimate of drug-likeness (QED) is 0.886. The van der Waals surface area contributed by atoms with Gasteiger partial charge in [0.2, 0.25) is 0 Å². The third kappa shape index (κ3) is 2.41. The van der Waals surface area contributed by atoms with Gasteiger partial charge < -0.3 is 10.0 Å². The van der Waals surface area contributed by atoms with E-state index in [9.17, 15) is 9.50 Å². The van der Waals surface area contributed by atoms with Crippen molar-refractivity contribution in [1.82, 2.24) is 4.90 Å². The maximum absolute atomic E-state index is 13.1. The van der Waals surface area contributed by atoms with Crippen molar-refractivity contribution in [2.75, 3.05) is 7.05 Å². The van der Waals surface area contributed by atoms with E-state index in [-0.39, 0.29) is 5.82 Å². The fraction of sp³-hybridized carbons (Fsp3) is 0.625. The van der Waals surface area contributed by atoms with Crippen molar-refractivity contribution in [3.05, 3.63) is 35.1 Å². The normalized spacial score (nSPS) is 34.7. The van der Waals surface area contributed by atoms with Crippen LogP contribution in [0.3, 0.4) is 0 Å². The van der Waals surface area contributed by atoms with Gasteiger partial charge in [0.25, 0.3) is 0 Å². The fourth-order valence-corrected chi connectivity index (χ4v) is 3.90. The number of nitrogens with zero attached hydrogens (tertiary/aromatic N) is 1. The highest BCUT2D eigenvalue weighted by Crippen LogP contribution is 2.41. The van der Waals surface area contributed by atoms with E-state index in [1.807, 2.05) is 13.0 Å². The standard InChI is InChI=1S/C16H22FNO/c1-11-7-13(17)4-3-12(11)8-16(19)9-14-5-6-15(10-16)18(14)2/h3-4,7,14-15,19H,5-6,8-10H2,1-2H3. The van der Waals surface area contributed by atoms with E-state index in [1.54, 1.807) is 6.07 Å². The molecule has 0 saturated carbocycles. The molecule has 2 unspecified atom stereocenters. The van der Waals surface area contributed by atoms with E-state index in [0.29, 0.717) is 18.5 Å². The molecule has 1 N–H and O–H groups in total. The third-order valence-electron chi connectivity index (χ3n) is 5.04. The summed E-state index contributed by atoms with van der Waals surface area (Å²) in [6, 6.07) is 5.91. The second-order valence-corrected chi connectivity index (χ2v) is 6.43. The number of benzene rings is 1. The second-order valence-electron chi connectivity index (χ2n) is 6.43. The molecule has 2 atom stereocenters. The first-order chi connectivity index (χ1) is 8.97. The summed E-state index contributed by atoms with van der Waals surface area (Å²) >= 11 is 0. The summed E-state index contributed by atoms with van der Waals surface area (Å²) in [5.41, 5.74) is 1.41. The number of rotatable bonds is 2. The number of fused-ring (bicyclic) bond motifs is 2. The van der Waals surface area contributed by atoms with Crippen LogP contribution in [0.4, 0.5) is 4.39 Å². The van der Waals surface area contributed by atoms with Gasteiger partial charge in [-0.1, -0.05) is 6.07 Å². The van der Waals surface area contributed by atoms with Gasteiger partial charge >= 0.3 is 0 Å². The molecule has 0 spiro atoms. The Morgan fingerprint density at radius 1 is 1.32 bits per heavy atom. The van der Waals surface area contributed by atoms with Crippen molar-refractivity contribution in [3.63, 3.8) is 0 Å². The van der Waals surface area contributed by atoms with Gasteiger partial charge in [-0.25, -0.2) is 4.39 Å². The van der Waals surface area contributed by atoms with Crippen molar-refractivity contribution in [3.8, 4) is 0 Å². The zero-order chi connectivity index (χ0) is 13.6. The van der Waals surface area contributed by atoms with E-state index in [0.717, 1.165) is 24.0 Å². The van der Waals surface area contributed by atoms with Gasteiger partial charge in [0, 0.05) is 18.5 Å². The van der Waals surface area contributed by atoms with Crippen molar-refractivity contribution in [1.29, 1.82) is 0 Å². The van der Waals surface area contributed by atoms with Crippen LogP contribution >= 0.6 is 0 Å². The van der Waals surface area contributed by atoms with Crippen molar-refractivity contribution in [2.45, 2.75) is 56.7 Å². The van der Waals surface area contributed by atoms with Gasteiger partial charge in [-0.05, 0) is 62.9 Å². The highest BCUT2D eigenvalue weighted by atomic mass is 19.1. The third-order valence-corrected chi connectivity index (χ3v) is 5.04. The molecule has 2 heterocycles. The van der Waals surface area contributed by atoms with Crippen LogP contribution in [0.5, 0.6) is 0 Å². The molecule has 0 aromatic heterocycles. The maximum Gasteiger partial charge on any atom is 0.123 e. The van der Waals surface area contributed by atoms with E-state index >= 15 is 0 Å². The highest BCUT2D eigenvalue weighted by Gasteiger charge is 2.45. The minimum Gasteiger partial charge on any atom is -0.389 e. The Hall–Kier alpha value is -0.930. The Morgan fingerprint density at radius 2 is 1.95 bits per heavy atom. The lowest BCUT2D eigenvalue weighted by molar-refractivity contribution is -0.0438. The predicted octanol–water partition coefficient (Wildman–Crippen LogP) is 2.66. The molecule has 104 valence electrons. The summed E-state index contributed by atoms with van der Waals surface area (Å²) in [6.45, 7) is 1.92. The van der Waals surface area contributed by atoms with E-state index in [1.165, 1.54) is 18.9 Å². The molecule has 2 aliphatic rings. The number of aryl methyl sites for hydroxylation is 1. The molecule has 2 nitrogen and oxygen atoms in total. The van der Waals surface area contributed by atoms with Crippen molar-refractivity contribution < 1.29 is 9.50 Å². The van der Waals surface area contributed by atoms with Crippen molar-refractivity contribution in [2.24, 2.45) is 0 Å². The Balaban J connectivity index is 1.79. The van der Waals surface area contributed by atoms with Gasteiger partial charge in [0.15, 0.2) is 0 Å². The van der Waals surface area contributed by atoms with Crippen LogP contribution < -0.4 is 0 Å². The second kappa shape index (κ2) is 4.57. The van der Waals surface area contributed by atoms with E-state index in [2.05, 4.69) is 11.9 Å². The van der Waals surface area contributed by atoms with Gasteiger partial charge in [-0.2, -0.15) is 0 Å². The molecule has 0 aliphatic carbocycles. The van der Waals surface area contributed by atoms with Gasteiger partial charge in [-0.3, -0.25) is 0 Å². The molecule has 19 heavy (non-hydrogen) atoms. The molecule has 0 amide bonds. The van der Waals surface area contributed by atoms with Crippen LogP contribution in [0.2, 0.25) is 0 Å². The van der Waals surface area contributed by atoms with E-state index in [4.69, 9.17) is 0 Å². The number of hydrogen-bond acceptors (Lipinski definition) is 2. The van der Waals surface area contributed by atoms with Crippen LogP contribution in [-0.2, 0) is 6.42 Å². The molecule has 2 bridgehead atoms. The molecule has 2 fully saturated rings. The predicted molar refractivity (Wildman–Crippen MR) is 73.6 cm³/mol. The number of piperidine rings is 1. The summed E-state index contributed by atoms with van der Waals surface area (Å²) in [5.74, 6) is -0.198. The zero-order valence-corrected chi connectivity index (χ0v) is 11.7. The summed E-state index contributed by atoms with van der Waals surface area (Å²) in [4.78, 5) is 2.42. The summed E-state index contributed by atoms with van der Waals surface area (Å²) in [5, 5.41) is 10.9. The molecule has 2 aliphatic heterocycles. The Morgan fingerprint density at radius 3 is 2.53 bits per heavy atom. The summed E-state index contributed by atoms with van der Waals surface area (Å²) < 4.78 is 13.1. The first kappa shape index (κ1) is 13.1. The first-order valence-corrected chi connectivity index (χ1v) is 7.16. The van der Waals surface area contributed by atoms with Gasteiger partial charge in [0.05, 0.1) is 5.60 Å². The number of halogens is 1. The lowest BCUT2D eigenvalue weighted by atomic mass is 9.81. The zero-order valence-electron chi connectivity index (χ0n) is 11.7. The van der Waals surface area contributed by atoms with Crippen LogP contribution in [-0.4, -0.2) is 34.7 Å². The largest absolute Gasteiger partial charge is 0.389 e. The lowest BCUT2D eigenvalue weighted by Gasteiger charge is -2.42. The molecular weight excluding hydrogens is 241 g/mol.